The summed E-state index contributed by atoms with van der Waals surface area (Å²) in [6, 6.07) is 8.85. The lowest BCUT2D eigenvalue weighted by molar-refractivity contribution is -0.141. The SMILES string of the molecule is CCN1Cc2nncn2-c2cc(-c3cc(NC(=O)c4ccnc(C(F)(F)F)c4)ccc3C)cnc2C1=O. The van der Waals surface area contributed by atoms with Crippen molar-refractivity contribution in [3.63, 3.8) is 0 Å². The zero-order valence-electron chi connectivity index (χ0n) is 19.7. The first-order valence-electron chi connectivity index (χ1n) is 11.3. The molecule has 1 aliphatic rings. The third-order valence-electron chi connectivity index (χ3n) is 6.07. The Kier molecular flexibility index (Phi) is 5.94. The van der Waals surface area contributed by atoms with Gasteiger partial charge in [0.2, 0.25) is 0 Å². The first-order chi connectivity index (χ1) is 17.7. The summed E-state index contributed by atoms with van der Waals surface area (Å²) in [7, 11) is 0. The van der Waals surface area contributed by atoms with Gasteiger partial charge < -0.3 is 10.2 Å². The third kappa shape index (κ3) is 4.53. The van der Waals surface area contributed by atoms with E-state index < -0.39 is 17.8 Å². The molecule has 0 unspecified atom stereocenters. The summed E-state index contributed by atoms with van der Waals surface area (Å²) < 4.78 is 40.7. The highest BCUT2D eigenvalue weighted by Crippen LogP contribution is 2.31. The summed E-state index contributed by atoms with van der Waals surface area (Å²) in [6.07, 6.45) is -0.614. The van der Waals surface area contributed by atoms with E-state index in [1.807, 2.05) is 13.8 Å². The molecule has 5 rings (SSSR count). The van der Waals surface area contributed by atoms with Crippen molar-refractivity contribution >= 4 is 17.5 Å². The maximum Gasteiger partial charge on any atom is 0.433 e. The quantitative estimate of drug-likeness (QED) is 0.442. The number of rotatable bonds is 4. The minimum Gasteiger partial charge on any atom is -0.330 e. The van der Waals surface area contributed by atoms with Gasteiger partial charge in [-0.1, -0.05) is 6.07 Å². The van der Waals surface area contributed by atoms with Gasteiger partial charge in [0, 0.05) is 35.8 Å². The summed E-state index contributed by atoms with van der Waals surface area (Å²) in [6.45, 7) is 4.53. The van der Waals surface area contributed by atoms with E-state index in [-0.39, 0.29) is 17.2 Å². The molecule has 0 saturated heterocycles. The second-order valence-electron chi connectivity index (χ2n) is 8.44. The van der Waals surface area contributed by atoms with Gasteiger partial charge in [-0.15, -0.1) is 10.2 Å². The van der Waals surface area contributed by atoms with Crippen LogP contribution in [0.5, 0.6) is 0 Å². The molecule has 0 saturated carbocycles. The molecule has 0 aliphatic carbocycles. The minimum atomic E-state index is -4.66. The van der Waals surface area contributed by atoms with Crippen molar-refractivity contribution in [3.8, 4) is 16.8 Å². The Balaban J connectivity index is 1.50. The predicted molar refractivity (Wildman–Crippen MR) is 127 cm³/mol. The minimum absolute atomic E-state index is 0.171. The van der Waals surface area contributed by atoms with E-state index in [0.29, 0.717) is 41.9 Å². The van der Waals surface area contributed by atoms with Gasteiger partial charge in [0.05, 0.1) is 12.2 Å². The number of fused-ring (bicyclic) bond motifs is 3. The monoisotopic (exact) mass is 507 g/mol. The lowest BCUT2D eigenvalue weighted by atomic mass is 10.00. The number of nitrogens with one attached hydrogen (secondary N) is 1. The van der Waals surface area contributed by atoms with Crippen molar-refractivity contribution in [3.05, 3.63) is 83.5 Å². The Bertz CT molecular complexity index is 1530. The van der Waals surface area contributed by atoms with E-state index in [2.05, 4.69) is 25.5 Å². The zero-order valence-corrected chi connectivity index (χ0v) is 19.7. The number of nitrogens with zero attached hydrogens (tertiary/aromatic N) is 6. The molecule has 188 valence electrons. The molecule has 2 amide bonds. The molecule has 12 heteroatoms. The number of amides is 2. The van der Waals surface area contributed by atoms with Crippen LogP contribution in [0.4, 0.5) is 18.9 Å². The Morgan fingerprint density at radius 1 is 1.14 bits per heavy atom. The number of anilines is 1. The highest BCUT2D eigenvalue weighted by Gasteiger charge is 2.33. The average molecular weight is 507 g/mol. The van der Waals surface area contributed by atoms with Gasteiger partial charge in [0.1, 0.15) is 12.0 Å². The molecule has 37 heavy (non-hydrogen) atoms. The fourth-order valence-corrected chi connectivity index (χ4v) is 4.11. The number of benzene rings is 1. The summed E-state index contributed by atoms with van der Waals surface area (Å²) >= 11 is 0. The van der Waals surface area contributed by atoms with Gasteiger partial charge in [0.15, 0.2) is 11.5 Å². The van der Waals surface area contributed by atoms with Crippen molar-refractivity contribution in [1.29, 1.82) is 0 Å². The normalized spacial score (nSPS) is 13.1. The maximum atomic E-state index is 13.0. The van der Waals surface area contributed by atoms with Crippen LogP contribution in [-0.2, 0) is 12.7 Å². The van der Waals surface area contributed by atoms with Gasteiger partial charge in [-0.3, -0.25) is 19.1 Å². The largest absolute Gasteiger partial charge is 0.433 e. The Labute approximate surface area is 209 Å². The van der Waals surface area contributed by atoms with Crippen molar-refractivity contribution in [2.45, 2.75) is 26.6 Å². The van der Waals surface area contributed by atoms with Crippen LogP contribution < -0.4 is 5.32 Å². The number of aryl methyl sites for hydroxylation is 1. The van der Waals surface area contributed by atoms with E-state index in [4.69, 9.17) is 0 Å². The van der Waals surface area contributed by atoms with Gasteiger partial charge in [-0.05, 0) is 55.3 Å². The summed E-state index contributed by atoms with van der Waals surface area (Å²) in [5, 5.41) is 10.8. The fourth-order valence-electron chi connectivity index (χ4n) is 4.11. The van der Waals surface area contributed by atoms with Crippen LogP contribution in [-0.4, -0.2) is 48.0 Å². The zero-order chi connectivity index (χ0) is 26.3. The molecule has 1 N–H and O–H groups in total. The van der Waals surface area contributed by atoms with E-state index in [1.165, 1.54) is 12.4 Å². The first-order valence-corrected chi connectivity index (χ1v) is 11.3. The molecule has 1 aliphatic heterocycles. The highest BCUT2D eigenvalue weighted by atomic mass is 19.4. The van der Waals surface area contributed by atoms with Crippen LogP contribution >= 0.6 is 0 Å². The predicted octanol–water partition coefficient (Wildman–Crippen LogP) is 4.28. The Morgan fingerprint density at radius 3 is 2.70 bits per heavy atom. The van der Waals surface area contributed by atoms with Crippen LogP contribution in [0, 0.1) is 6.92 Å². The molecule has 0 spiro atoms. The third-order valence-corrected chi connectivity index (χ3v) is 6.07. The molecule has 3 aromatic heterocycles. The Hall–Kier alpha value is -4.61. The number of pyridine rings is 2. The number of carbonyl (C=O) groups is 2. The van der Waals surface area contributed by atoms with Crippen LogP contribution in [0.15, 0.2) is 55.1 Å². The van der Waals surface area contributed by atoms with Crippen LogP contribution in [0.1, 0.15) is 44.9 Å². The molecule has 4 heterocycles. The average Bonchev–Trinajstić information content (AvgIpc) is 3.31. The number of halogens is 3. The number of alkyl halides is 3. The Morgan fingerprint density at radius 2 is 1.95 bits per heavy atom. The van der Waals surface area contributed by atoms with Crippen molar-refractivity contribution in [1.82, 2.24) is 29.6 Å². The summed E-state index contributed by atoms with van der Waals surface area (Å²) in [5.74, 6) is -0.328. The second-order valence-corrected chi connectivity index (χ2v) is 8.44. The number of hydrogen-bond acceptors (Lipinski definition) is 6. The smallest absolute Gasteiger partial charge is 0.330 e. The number of carbonyl (C=O) groups excluding carboxylic acids is 2. The summed E-state index contributed by atoms with van der Waals surface area (Å²) in [4.78, 5) is 35.1. The van der Waals surface area contributed by atoms with Crippen LogP contribution in [0.25, 0.3) is 16.8 Å². The van der Waals surface area contributed by atoms with E-state index in [1.54, 1.807) is 39.9 Å². The molecular weight excluding hydrogens is 487 g/mol. The lowest BCUT2D eigenvalue weighted by Crippen LogP contribution is -2.30. The first kappa shape index (κ1) is 24.1. The van der Waals surface area contributed by atoms with Gasteiger partial charge in [0.25, 0.3) is 11.8 Å². The number of hydrogen-bond donors (Lipinski definition) is 1. The van der Waals surface area contributed by atoms with Crippen molar-refractivity contribution in [2.24, 2.45) is 0 Å². The van der Waals surface area contributed by atoms with E-state index >= 15 is 0 Å². The van der Waals surface area contributed by atoms with Gasteiger partial charge >= 0.3 is 6.18 Å². The molecule has 0 atom stereocenters. The maximum absolute atomic E-state index is 13.0. The summed E-state index contributed by atoms with van der Waals surface area (Å²) in [5.41, 5.74) is 2.12. The van der Waals surface area contributed by atoms with Crippen molar-refractivity contribution < 1.29 is 22.8 Å². The fraction of sp³-hybridized carbons (Fsp3) is 0.200. The molecule has 9 nitrogen and oxygen atoms in total. The van der Waals surface area contributed by atoms with Gasteiger partial charge in [-0.25, -0.2) is 4.98 Å². The molecule has 0 bridgehead atoms. The van der Waals surface area contributed by atoms with Gasteiger partial charge in [-0.2, -0.15) is 13.2 Å². The topological polar surface area (TPSA) is 106 Å². The lowest BCUT2D eigenvalue weighted by Gasteiger charge is -2.17. The van der Waals surface area contributed by atoms with Crippen LogP contribution in [0.3, 0.4) is 0 Å². The molecule has 1 aromatic carbocycles. The van der Waals surface area contributed by atoms with E-state index in [9.17, 15) is 22.8 Å². The molecule has 4 aromatic rings. The standard InChI is InChI=1S/C25H20F3N7O2/c1-3-34-12-21-33-31-13-35(21)19-8-16(11-30-22(19)24(34)37)18-10-17(5-4-14(18)2)32-23(36)15-6-7-29-20(9-15)25(26,27)28/h4-11,13H,3,12H2,1-2H3,(H,32,36). The molecule has 0 radical (unpaired) electrons. The van der Waals surface area contributed by atoms with E-state index in [0.717, 1.165) is 17.3 Å². The second kappa shape index (κ2) is 9.12. The number of aromatic nitrogens is 5. The van der Waals surface area contributed by atoms with Crippen LogP contribution in [0.2, 0.25) is 0 Å². The van der Waals surface area contributed by atoms with Crippen molar-refractivity contribution in [2.75, 3.05) is 11.9 Å². The highest BCUT2D eigenvalue weighted by molar-refractivity contribution is 6.04. The molecular formula is C25H20F3N7O2. The molecule has 0 fully saturated rings.